The summed E-state index contributed by atoms with van der Waals surface area (Å²) in [5.41, 5.74) is -0.420. The van der Waals surface area contributed by atoms with Gasteiger partial charge in [0.1, 0.15) is 0 Å². The van der Waals surface area contributed by atoms with Gasteiger partial charge in [0, 0.05) is 6.07 Å². The molecule has 0 aromatic heterocycles. The maximum Gasteiger partial charge on any atom is 0.299 e. The molecule has 2 rings (SSSR count). The molecule has 20 heavy (non-hydrogen) atoms. The van der Waals surface area contributed by atoms with Gasteiger partial charge < -0.3 is 0 Å². The topological polar surface area (TPSA) is 102 Å². The molecule has 8 heteroatoms. The highest BCUT2D eigenvalue weighted by Gasteiger charge is 2.15. The monoisotopic (exact) mass is 291 g/mol. The van der Waals surface area contributed by atoms with Crippen molar-refractivity contribution in [2.75, 3.05) is 0 Å². The lowest BCUT2D eigenvalue weighted by Crippen LogP contribution is -1.95. The summed E-state index contributed by atoms with van der Waals surface area (Å²) in [6, 6.07) is 13.0. The van der Waals surface area contributed by atoms with Crippen LogP contribution in [0.25, 0.3) is 0 Å². The summed E-state index contributed by atoms with van der Waals surface area (Å²) in [6.07, 6.45) is 0. The van der Waals surface area contributed by atoms with E-state index >= 15 is 0 Å². The van der Waals surface area contributed by atoms with Crippen LogP contribution in [0.2, 0.25) is 0 Å². The SMILES string of the molecule is O=[N+]([O-])c1ccccc1N=NS(=O)(=O)c1ccccc1. The molecule has 0 spiro atoms. The van der Waals surface area contributed by atoms with Crippen molar-refractivity contribution < 1.29 is 13.3 Å². The van der Waals surface area contributed by atoms with Gasteiger partial charge in [-0.15, -0.1) is 5.11 Å². The summed E-state index contributed by atoms with van der Waals surface area (Å²) < 4.78 is 26.9. The lowest BCUT2D eigenvalue weighted by atomic mass is 10.3. The fourth-order valence-electron chi connectivity index (χ4n) is 1.44. The second kappa shape index (κ2) is 5.57. The molecule has 0 atom stereocenters. The highest BCUT2D eigenvalue weighted by molar-refractivity contribution is 7.90. The molecule has 0 aliphatic rings. The van der Waals surface area contributed by atoms with E-state index in [0.717, 1.165) is 0 Å². The molecule has 0 amide bonds. The quantitative estimate of drug-likeness (QED) is 0.490. The number of nitro groups is 1. The Morgan fingerprint density at radius 2 is 1.55 bits per heavy atom. The van der Waals surface area contributed by atoms with Gasteiger partial charge in [0.25, 0.3) is 15.7 Å². The fraction of sp³-hybridized carbons (Fsp3) is 0. The third-order valence-electron chi connectivity index (χ3n) is 2.38. The predicted octanol–water partition coefficient (Wildman–Crippen LogP) is 3.07. The van der Waals surface area contributed by atoms with Crippen molar-refractivity contribution in [3.63, 3.8) is 0 Å². The van der Waals surface area contributed by atoms with Crippen LogP contribution in [0, 0.1) is 10.1 Å². The van der Waals surface area contributed by atoms with Gasteiger partial charge >= 0.3 is 0 Å². The van der Waals surface area contributed by atoms with Crippen molar-refractivity contribution >= 4 is 21.4 Å². The standard InChI is InChI=1S/C12H9N3O4S/c16-15(17)12-9-5-4-8-11(12)13-14-20(18,19)10-6-2-1-3-7-10/h1-9H. The van der Waals surface area contributed by atoms with E-state index in [1.54, 1.807) is 18.2 Å². The summed E-state index contributed by atoms with van der Waals surface area (Å²) in [5, 5.41) is 14.2. The normalized spacial score (nSPS) is 11.6. The van der Waals surface area contributed by atoms with Crippen molar-refractivity contribution in [2.45, 2.75) is 4.90 Å². The fourth-order valence-corrected chi connectivity index (χ4v) is 2.23. The van der Waals surface area contributed by atoms with Crippen molar-refractivity contribution in [1.82, 2.24) is 0 Å². The Kier molecular flexibility index (Phi) is 3.85. The Bertz CT molecular complexity index is 757. The summed E-state index contributed by atoms with van der Waals surface area (Å²) in [6.45, 7) is 0. The van der Waals surface area contributed by atoms with E-state index in [0.29, 0.717) is 0 Å². The van der Waals surface area contributed by atoms with Gasteiger partial charge in [-0.25, -0.2) is 0 Å². The van der Waals surface area contributed by atoms with Gasteiger partial charge in [-0.3, -0.25) is 10.1 Å². The lowest BCUT2D eigenvalue weighted by molar-refractivity contribution is -0.384. The zero-order valence-corrected chi connectivity index (χ0v) is 10.9. The minimum atomic E-state index is -3.97. The second-order valence-electron chi connectivity index (χ2n) is 3.72. The van der Waals surface area contributed by atoms with Gasteiger partial charge in [-0.2, -0.15) is 8.42 Å². The van der Waals surface area contributed by atoms with Gasteiger partial charge in [0.05, 0.1) is 9.82 Å². The van der Waals surface area contributed by atoms with Gasteiger partial charge in [-0.1, -0.05) is 34.9 Å². The predicted molar refractivity (Wildman–Crippen MR) is 71.2 cm³/mol. The second-order valence-corrected chi connectivity index (χ2v) is 5.30. The molecule has 0 radical (unpaired) electrons. The van der Waals surface area contributed by atoms with Crippen LogP contribution in [0.4, 0.5) is 11.4 Å². The molecule has 7 nitrogen and oxygen atoms in total. The molecule has 2 aromatic rings. The Morgan fingerprint density at radius 1 is 0.950 bits per heavy atom. The maximum absolute atomic E-state index is 11.9. The smallest absolute Gasteiger partial charge is 0.258 e. The third kappa shape index (κ3) is 3.04. The number of nitro benzene ring substituents is 1. The first-order chi connectivity index (χ1) is 9.50. The van der Waals surface area contributed by atoms with E-state index in [4.69, 9.17) is 0 Å². The van der Waals surface area contributed by atoms with E-state index in [1.807, 2.05) is 0 Å². The van der Waals surface area contributed by atoms with Crippen molar-refractivity contribution in [3.8, 4) is 0 Å². The Labute approximate surface area is 114 Å². The first-order valence-corrected chi connectivity index (χ1v) is 6.91. The molecule has 102 valence electrons. The van der Waals surface area contributed by atoms with Crippen LogP contribution in [-0.2, 0) is 10.0 Å². The average molecular weight is 291 g/mol. The van der Waals surface area contributed by atoms with Gasteiger partial charge in [0.15, 0.2) is 5.69 Å². The van der Waals surface area contributed by atoms with E-state index in [-0.39, 0.29) is 16.3 Å². The van der Waals surface area contributed by atoms with Crippen molar-refractivity contribution in [2.24, 2.45) is 9.63 Å². The van der Waals surface area contributed by atoms with E-state index in [1.165, 1.54) is 36.4 Å². The number of sulfonamides is 1. The van der Waals surface area contributed by atoms with Crippen LogP contribution < -0.4 is 0 Å². The molecule has 0 unspecified atom stereocenters. The molecule has 0 N–H and O–H groups in total. The summed E-state index contributed by atoms with van der Waals surface area (Å²) >= 11 is 0. The molecule has 0 saturated heterocycles. The van der Waals surface area contributed by atoms with Crippen LogP contribution >= 0.6 is 0 Å². The van der Waals surface area contributed by atoms with Crippen molar-refractivity contribution in [3.05, 3.63) is 64.7 Å². The average Bonchev–Trinajstić information content (AvgIpc) is 2.46. The first kappa shape index (κ1) is 13.8. The first-order valence-electron chi connectivity index (χ1n) is 5.47. The van der Waals surface area contributed by atoms with Crippen LogP contribution in [-0.4, -0.2) is 13.3 Å². The molecule has 0 heterocycles. The number of nitrogens with zero attached hydrogens (tertiary/aromatic N) is 3. The maximum atomic E-state index is 11.9. The summed E-state index contributed by atoms with van der Waals surface area (Å²) in [5.74, 6) is 0. The molecule has 2 aromatic carbocycles. The molecule has 0 saturated carbocycles. The van der Waals surface area contributed by atoms with E-state index in [2.05, 4.69) is 9.63 Å². The zero-order valence-electron chi connectivity index (χ0n) is 10.1. The van der Waals surface area contributed by atoms with E-state index in [9.17, 15) is 18.5 Å². The Morgan fingerprint density at radius 3 is 2.20 bits per heavy atom. The molecule has 0 aliphatic carbocycles. The number of para-hydroxylation sites is 1. The van der Waals surface area contributed by atoms with Gasteiger partial charge in [-0.05, 0) is 18.2 Å². The number of hydrogen-bond donors (Lipinski definition) is 0. The lowest BCUT2D eigenvalue weighted by Gasteiger charge is -1.97. The van der Waals surface area contributed by atoms with Crippen LogP contribution in [0.15, 0.2) is 69.1 Å². The number of hydrogen-bond acceptors (Lipinski definition) is 5. The van der Waals surface area contributed by atoms with Crippen LogP contribution in [0.1, 0.15) is 0 Å². The van der Waals surface area contributed by atoms with Gasteiger partial charge in [0.2, 0.25) is 0 Å². The van der Waals surface area contributed by atoms with Crippen LogP contribution in [0.3, 0.4) is 0 Å². The number of benzene rings is 2. The molecular weight excluding hydrogens is 282 g/mol. The number of rotatable bonds is 4. The summed E-state index contributed by atoms with van der Waals surface area (Å²) in [4.78, 5) is 10.1. The Hall–Kier alpha value is -2.61. The van der Waals surface area contributed by atoms with Crippen LogP contribution in [0.5, 0.6) is 0 Å². The third-order valence-corrected chi connectivity index (χ3v) is 3.54. The highest BCUT2D eigenvalue weighted by Crippen LogP contribution is 2.27. The summed E-state index contributed by atoms with van der Waals surface area (Å²) in [7, 11) is -3.97. The minimum Gasteiger partial charge on any atom is -0.258 e. The molecule has 0 bridgehead atoms. The van der Waals surface area contributed by atoms with E-state index < -0.39 is 14.9 Å². The molecular formula is C12H9N3O4S. The molecule has 0 fully saturated rings. The largest absolute Gasteiger partial charge is 0.299 e. The minimum absolute atomic E-state index is 0.0256. The zero-order chi connectivity index (χ0) is 14.6. The highest BCUT2D eigenvalue weighted by atomic mass is 32.2. The molecule has 0 aliphatic heterocycles. The Balaban J connectivity index is 2.38. The van der Waals surface area contributed by atoms with Crippen molar-refractivity contribution in [1.29, 1.82) is 0 Å².